The molecule has 21 heavy (non-hydrogen) atoms. The number of rotatable bonds is 7. The summed E-state index contributed by atoms with van der Waals surface area (Å²) >= 11 is 5.78. The highest BCUT2D eigenvalue weighted by Gasteiger charge is 2.21. The van der Waals surface area contributed by atoms with Crippen LogP contribution in [0.5, 0.6) is 0 Å². The van der Waals surface area contributed by atoms with E-state index in [2.05, 4.69) is 5.32 Å². The van der Waals surface area contributed by atoms with Gasteiger partial charge < -0.3 is 10.1 Å². The molecule has 0 spiro atoms. The molecule has 1 atom stereocenters. The number of halogens is 1. The number of anilines is 1. The quantitative estimate of drug-likeness (QED) is 0.814. The van der Waals surface area contributed by atoms with E-state index in [1.807, 2.05) is 0 Å². The van der Waals surface area contributed by atoms with Gasteiger partial charge in [-0.3, -0.25) is 9.10 Å². The van der Waals surface area contributed by atoms with E-state index in [9.17, 15) is 13.2 Å². The zero-order valence-corrected chi connectivity index (χ0v) is 13.7. The number of nitrogens with one attached hydrogen (secondary N) is 1. The number of ether oxygens (including phenoxy) is 1. The van der Waals surface area contributed by atoms with E-state index in [0.29, 0.717) is 17.3 Å². The molecule has 1 aromatic rings. The van der Waals surface area contributed by atoms with Gasteiger partial charge in [0.15, 0.2) is 0 Å². The van der Waals surface area contributed by atoms with E-state index in [4.69, 9.17) is 16.3 Å². The third-order valence-electron chi connectivity index (χ3n) is 2.63. The molecule has 0 saturated carbocycles. The highest BCUT2D eigenvalue weighted by atomic mass is 35.5. The number of carbonyl (C=O) groups excluding carboxylic acids is 1. The molecular formula is C13H19ClN2O4S. The summed E-state index contributed by atoms with van der Waals surface area (Å²) in [6.07, 6.45) is 1.05. The minimum absolute atomic E-state index is 0.200. The molecule has 8 heteroatoms. The molecule has 0 aliphatic heterocycles. The van der Waals surface area contributed by atoms with E-state index in [-0.39, 0.29) is 12.6 Å². The lowest BCUT2D eigenvalue weighted by molar-refractivity contribution is -0.120. The maximum Gasteiger partial charge on any atom is 0.241 e. The number of hydrogen-bond acceptors (Lipinski definition) is 4. The monoisotopic (exact) mass is 334 g/mol. The van der Waals surface area contributed by atoms with Crippen LogP contribution in [-0.4, -0.2) is 46.9 Å². The third kappa shape index (κ3) is 5.91. The Morgan fingerprint density at radius 2 is 1.95 bits per heavy atom. The Hall–Kier alpha value is -1.31. The molecule has 0 aliphatic carbocycles. The van der Waals surface area contributed by atoms with E-state index in [1.54, 1.807) is 31.2 Å². The van der Waals surface area contributed by atoms with Crippen LogP contribution in [0.4, 0.5) is 5.69 Å². The number of sulfonamides is 1. The number of nitrogens with zero attached hydrogens (tertiary/aromatic N) is 1. The molecule has 1 rings (SSSR count). The lowest BCUT2D eigenvalue weighted by atomic mass is 10.3. The van der Waals surface area contributed by atoms with Gasteiger partial charge in [0.1, 0.15) is 6.54 Å². The van der Waals surface area contributed by atoms with Crippen LogP contribution in [0, 0.1) is 0 Å². The molecule has 1 N–H and O–H groups in total. The zero-order chi connectivity index (χ0) is 16.0. The van der Waals surface area contributed by atoms with Crippen LogP contribution in [0.25, 0.3) is 0 Å². The molecule has 0 aromatic heterocycles. The maximum absolute atomic E-state index is 11.9. The fraction of sp³-hybridized carbons (Fsp3) is 0.462. The highest BCUT2D eigenvalue weighted by molar-refractivity contribution is 7.92. The number of amides is 1. The minimum Gasteiger partial charge on any atom is -0.383 e. The SMILES string of the molecule is COC[C@H](C)NC(=O)CN(c1ccc(Cl)cc1)S(C)(=O)=O. The molecule has 1 amide bonds. The van der Waals surface area contributed by atoms with E-state index in [1.165, 1.54) is 7.11 Å². The first-order valence-corrected chi connectivity index (χ1v) is 8.48. The van der Waals surface area contributed by atoms with Crippen LogP contribution >= 0.6 is 11.6 Å². The lowest BCUT2D eigenvalue weighted by Crippen LogP contribution is -2.44. The van der Waals surface area contributed by atoms with Crippen molar-refractivity contribution in [2.24, 2.45) is 0 Å². The Labute approximate surface area is 130 Å². The Morgan fingerprint density at radius 1 is 1.38 bits per heavy atom. The van der Waals surface area contributed by atoms with Gasteiger partial charge in [-0.25, -0.2) is 8.42 Å². The normalized spacial score (nSPS) is 12.8. The van der Waals surface area contributed by atoms with Gasteiger partial charge >= 0.3 is 0 Å². The molecule has 0 unspecified atom stereocenters. The average molecular weight is 335 g/mol. The summed E-state index contributed by atoms with van der Waals surface area (Å²) in [4.78, 5) is 11.9. The van der Waals surface area contributed by atoms with Crippen LogP contribution in [-0.2, 0) is 19.6 Å². The van der Waals surface area contributed by atoms with Crippen molar-refractivity contribution >= 4 is 33.2 Å². The van der Waals surface area contributed by atoms with Crippen LogP contribution in [0.2, 0.25) is 5.02 Å². The second-order valence-electron chi connectivity index (χ2n) is 4.67. The fourth-order valence-electron chi connectivity index (χ4n) is 1.75. The van der Waals surface area contributed by atoms with Gasteiger partial charge in [0.25, 0.3) is 0 Å². The Balaban J connectivity index is 2.86. The zero-order valence-electron chi connectivity index (χ0n) is 12.2. The molecule has 6 nitrogen and oxygen atoms in total. The van der Waals surface area contributed by atoms with Crippen LogP contribution in [0.3, 0.4) is 0 Å². The Morgan fingerprint density at radius 3 is 2.43 bits per heavy atom. The second kappa shape index (κ2) is 7.63. The minimum atomic E-state index is -3.58. The molecule has 0 bridgehead atoms. The standard InChI is InChI=1S/C13H19ClN2O4S/c1-10(9-20-2)15-13(17)8-16(21(3,18)19)12-6-4-11(14)5-7-12/h4-7,10H,8-9H2,1-3H3,(H,15,17)/t10-/m0/s1. The van der Waals surface area contributed by atoms with Crippen LogP contribution in [0.15, 0.2) is 24.3 Å². The first kappa shape index (κ1) is 17.7. The summed E-state index contributed by atoms with van der Waals surface area (Å²) in [5.74, 6) is -0.403. The van der Waals surface area contributed by atoms with Gasteiger partial charge in [-0.15, -0.1) is 0 Å². The molecule has 1 aromatic carbocycles. The fourth-order valence-corrected chi connectivity index (χ4v) is 2.73. The summed E-state index contributed by atoms with van der Waals surface area (Å²) in [6, 6.07) is 6.04. The summed E-state index contributed by atoms with van der Waals surface area (Å²) in [5, 5.41) is 3.16. The average Bonchev–Trinajstić information content (AvgIpc) is 2.36. The summed E-state index contributed by atoms with van der Waals surface area (Å²) in [7, 11) is -2.05. The molecule has 0 heterocycles. The third-order valence-corrected chi connectivity index (χ3v) is 4.02. The van der Waals surface area contributed by atoms with E-state index in [0.717, 1.165) is 10.6 Å². The number of methoxy groups -OCH3 is 1. The largest absolute Gasteiger partial charge is 0.383 e. The predicted octanol–water partition coefficient (Wildman–Crippen LogP) is 1.26. The number of carbonyl (C=O) groups is 1. The van der Waals surface area contributed by atoms with Crippen molar-refractivity contribution in [2.75, 3.05) is 30.8 Å². The predicted molar refractivity (Wildman–Crippen MR) is 83.1 cm³/mol. The highest BCUT2D eigenvalue weighted by Crippen LogP contribution is 2.20. The van der Waals surface area contributed by atoms with Crippen molar-refractivity contribution in [3.05, 3.63) is 29.3 Å². The Bertz CT molecular complexity index is 574. The van der Waals surface area contributed by atoms with Gasteiger partial charge in [0, 0.05) is 18.2 Å². The molecule has 0 saturated heterocycles. The van der Waals surface area contributed by atoms with Crippen molar-refractivity contribution < 1.29 is 17.9 Å². The smallest absolute Gasteiger partial charge is 0.241 e. The molecule has 0 radical (unpaired) electrons. The summed E-state index contributed by atoms with van der Waals surface area (Å²) in [5.41, 5.74) is 0.386. The molecule has 118 valence electrons. The second-order valence-corrected chi connectivity index (χ2v) is 7.01. The van der Waals surface area contributed by atoms with E-state index >= 15 is 0 Å². The summed E-state index contributed by atoms with van der Waals surface area (Å²) < 4.78 is 29.6. The molecule has 0 aliphatic rings. The Kier molecular flexibility index (Phi) is 6.44. The van der Waals surface area contributed by atoms with Crippen molar-refractivity contribution in [1.82, 2.24) is 5.32 Å². The first-order valence-electron chi connectivity index (χ1n) is 6.25. The number of benzene rings is 1. The van der Waals surface area contributed by atoms with E-state index < -0.39 is 15.9 Å². The molecular weight excluding hydrogens is 316 g/mol. The van der Waals surface area contributed by atoms with Crippen molar-refractivity contribution in [1.29, 1.82) is 0 Å². The summed E-state index contributed by atoms with van der Waals surface area (Å²) in [6.45, 7) is 1.83. The van der Waals surface area contributed by atoms with Gasteiger partial charge in [-0.1, -0.05) is 11.6 Å². The van der Waals surface area contributed by atoms with Gasteiger partial charge in [0.05, 0.1) is 18.6 Å². The van der Waals surface area contributed by atoms with Gasteiger partial charge in [0.2, 0.25) is 15.9 Å². The van der Waals surface area contributed by atoms with Crippen molar-refractivity contribution in [3.8, 4) is 0 Å². The molecule has 0 fully saturated rings. The maximum atomic E-state index is 11.9. The van der Waals surface area contributed by atoms with Gasteiger partial charge in [-0.05, 0) is 31.2 Å². The number of hydrogen-bond donors (Lipinski definition) is 1. The first-order chi connectivity index (χ1) is 9.74. The lowest BCUT2D eigenvalue weighted by Gasteiger charge is -2.23. The van der Waals surface area contributed by atoms with Crippen LogP contribution < -0.4 is 9.62 Å². The van der Waals surface area contributed by atoms with Crippen molar-refractivity contribution in [3.63, 3.8) is 0 Å². The topological polar surface area (TPSA) is 75.7 Å². The van der Waals surface area contributed by atoms with Gasteiger partial charge in [-0.2, -0.15) is 0 Å². The van der Waals surface area contributed by atoms with Crippen molar-refractivity contribution in [2.45, 2.75) is 13.0 Å². The van der Waals surface area contributed by atoms with Crippen LogP contribution in [0.1, 0.15) is 6.92 Å².